The summed E-state index contributed by atoms with van der Waals surface area (Å²) in [6.45, 7) is 8.54. The molecule has 0 aliphatic carbocycles. The van der Waals surface area contributed by atoms with E-state index >= 15 is 0 Å². The summed E-state index contributed by atoms with van der Waals surface area (Å²) >= 11 is 7.20. The molecule has 0 aliphatic rings. The number of Topliss-reactive ketones (excluding diaryl/α,β-unsaturated/α-hetero) is 1. The van der Waals surface area contributed by atoms with Gasteiger partial charge in [0.25, 0.3) is 0 Å². The number of hydrogen-bond donors (Lipinski definition) is 0. The molecule has 0 radical (unpaired) electrons. The van der Waals surface area contributed by atoms with Crippen LogP contribution in [0.2, 0.25) is 0 Å². The number of hydrogen-bond acceptors (Lipinski definition) is 3. The Hall–Kier alpha value is -1.33. The molecule has 0 aromatic heterocycles. The standard InChI is InChI=1S/C25H32Br2O3/c1-15(2)17-9-7-11-19(24(17)29-5)21(13-26)23(28)22(14-27)20-12-8-10-18(16(3)4)25(20)30-6/h7-12,15-16,21-22H,13-14H2,1-6H3. The van der Waals surface area contributed by atoms with Gasteiger partial charge in [0.15, 0.2) is 0 Å². The van der Waals surface area contributed by atoms with Crippen molar-refractivity contribution in [2.24, 2.45) is 0 Å². The Balaban J connectivity index is 2.57. The summed E-state index contributed by atoms with van der Waals surface area (Å²) in [6.07, 6.45) is 0. The van der Waals surface area contributed by atoms with Gasteiger partial charge in [-0.05, 0) is 23.0 Å². The first kappa shape index (κ1) is 24.9. The second-order valence-electron chi connectivity index (χ2n) is 8.06. The molecule has 30 heavy (non-hydrogen) atoms. The van der Waals surface area contributed by atoms with E-state index in [0.29, 0.717) is 22.5 Å². The molecule has 0 spiro atoms. The molecule has 2 aromatic carbocycles. The molecule has 3 nitrogen and oxygen atoms in total. The maximum Gasteiger partial charge on any atom is 0.149 e. The summed E-state index contributed by atoms with van der Waals surface area (Å²) < 4.78 is 11.6. The molecule has 0 fully saturated rings. The Bertz CT molecular complexity index is 792. The van der Waals surface area contributed by atoms with Crippen molar-refractivity contribution in [3.05, 3.63) is 58.7 Å². The minimum atomic E-state index is -0.325. The third kappa shape index (κ3) is 5.11. The van der Waals surface area contributed by atoms with Crippen molar-refractivity contribution >= 4 is 37.6 Å². The Morgan fingerprint density at radius 3 is 1.33 bits per heavy atom. The highest BCUT2D eigenvalue weighted by Crippen LogP contribution is 2.41. The molecule has 5 heteroatoms. The van der Waals surface area contributed by atoms with Crippen LogP contribution in [0.1, 0.15) is 73.6 Å². The lowest BCUT2D eigenvalue weighted by molar-refractivity contribution is -0.121. The fourth-order valence-corrected chi connectivity index (χ4v) is 5.28. The van der Waals surface area contributed by atoms with E-state index in [-0.39, 0.29) is 17.6 Å². The molecule has 0 N–H and O–H groups in total. The zero-order valence-corrected chi connectivity index (χ0v) is 21.8. The van der Waals surface area contributed by atoms with E-state index in [1.54, 1.807) is 14.2 Å². The number of benzene rings is 2. The number of methoxy groups -OCH3 is 2. The molecule has 2 unspecified atom stereocenters. The number of rotatable bonds is 10. The van der Waals surface area contributed by atoms with Gasteiger partial charge in [-0.3, -0.25) is 4.79 Å². The second kappa shape index (κ2) is 11.3. The number of carbonyl (C=O) groups is 1. The number of alkyl halides is 2. The summed E-state index contributed by atoms with van der Waals surface area (Å²) in [4.78, 5) is 13.8. The van der Waals surface area contributed by atoms with Gasteiger partial charge in [0.1, 0.15) is 17.3 Å². The Kier molecular flexibility index (Phi) is 9.42. The highest BCUT2D eigenvalue weighted by atomic mass is 79.9. The van der Waals surface area contributed by atoms with Crippen molar-refractivity contribution in [2.45, 2.75) is 51.4 Å². The van der Waals surface area contributed by atoms with Crippen LogP contribution in [0.25, 0.3) is 0 Å². The van der Waals surface area contributed by atoms with Crippen molar-refractivity contribution in [3.8, 4) is 11.5 Å². The van der Waals surface area contributed by atoms with Crippen LogP contribution in [0.5, 0.6) is 11.5 Å². The minimum absolute atomic E-state index is 0.141. The predicted octanol–water partition coefficient (Wildman–Crippen LogP) is 7.18. The first-order valence-electron chi connectivity index (χ1n) is 10.3. The van der Waals surface area contributed by atoms with E-state index in [1.807, 2.05) is 24.3 Å². The van der Waals surface area contributed by atoms with Crippen LogP contribution in [-0.2, 0) is 4.79 Å². The van der Waals surface area contributed by atoms with Gasteiger partial charge in [-0.15, -0.1) is 0 Å². The molecule has 0 amide bonds. The van der Waals surface area contributed by atoms with E-state index < -0.39 is 0 Å². The first-order valence-corrected chi connectivity index (χ1v) is 12.6. The molecule has 0 heterocycles. The lowest BCUT2D eigenvalue weighted by Gasteiger charge is -2.26. The van der Waals surface area contributed by atoms with Crippen molar-refractivity contribution in [3.63, 3.8) is 0 Å². The van der Waals surface area contributed by atoms with Crippen LogP contribution < -0.4 is 9.47 Å². The smallest absolute Gasteiger partial charge is 0.149 e. The molecule has 2 aromatic rings. The maximum absolute atomic E-state index is 13.8. The number of ketones is 1. The molecule has 0 aliphatic heterocycles. The van der Waals surface area contributed by atoms with E-state index in [2.05, 4.69) is 71.7 Å². The Labute approximate surface area is 197 Å². The molecule has 0 saturated carbocycles. The summed E-state index contributed by atoms with van der Waals surface area (Å²) in [5.41, 5.74) is 4.08. The van der Waals surface area contributed by atoms with E-state index in [1.165, 1.54) is 0 Å². The molecule has 164 valence electrons. The minimum Gasteiger partial charge on any atom is -0.496 e. The van der Waals surface area contributed by atoms with Crippen molar-refractivity contribution < 1.29 is 14.3 Å². The average Bonchev–Trinajstić information content (AvgIpc) is 2.74. The lowest BCUT2D eigenvalue weighted by atomic mass is 9.82. The normalized spacial score (nSPS) is 13.4. The van der Waals surface area contributed by atoms with Gasteiger partial charge < -0.3 is 9.47 Å². The van der Waals surface area contributed by atoms with Crippen LogP contribution in [0.15, 0.2) is 36.4 Å². The number of carbonyl (C=O) groups excluding carboxylic acids is 1. The van der Waals surface area contributed by atoms with Crippen LogP contribution in [0.3, 0.4) is 0 Å². The molecule has 2 rings (SSSR count). The summed E-state index contributed by atoms with van der Waals surface area (Å²) in [6, 6.07) is 12.2. The van der Waals surface area contributed by atoms with Crippen molar-refractivity contribution in [1.29, 1.82) is 0 Å². The highest BCUT2D eigenvalue weighted by molar-refractivity contribution is 9.09. The molecular weight excluding hydrogens is 508 g/mol. The molecule has 2 atom stereocenters. The topological polar surface area (TPSA) is 35.5 Å². The summed E-state index contributed by atoms with van der Waals surface area (Å²) in [5.74, 6) is 1.72. The van der Waals surface area contributed by atoms with Gasteiger partial charge in [-0.1, -0.05) is 96.0 Å². The SMILES string of the molecule is COc1c(C(C)C)cccc1C(CBr)C(=O)C(CBr)c1cccc(C(C)C)c1OC. The van der Waals surface area contributed by atoms with E-state index in [4.69, 9.17) is 9.47 Å². The van der Waals surface area contributed by atoms with Crippen LogP contribution in [0.4, 0.5) is 0 Å². The average molecular weight is 540 g/mol. The van der Waals surface area contributed by atoms with Crippen LogP contribution in [0, 0.1) is 0 Å². The quantitative estimate of drug-likeness (QED) is 0.300. The third-order valence-corrected chi connectivity index (χ3v) is 6.85. The van der Waals surface area contributed by atoms with Gasteiger partial charge in [-0.25, -0.2) is 0 Å². The van der Waals surface area contributed by atoms with Crippen LogP contribution in [-0.4, -0.2) is 30.7 Å². The van der Waals surface area contributed by atoms with Gasteiger partial charge >= 0.3 is 0 Å². The monoisotopic (exact) mass is 538 g/mol. The van der Waals surface area contributed by atoms with Gasteiger partial charge in [0.2, 0.25) is 0 Å². The van der Waals surface area contributed by atoms with E-state index in [9.17, 15) is 4.79 Å². The van der Waals surface area contributed by atoms with Gasteiger partial charge in [0.05, 0.1) is 26.1 Å². The van der Waals surface area contributed by atoms with Crippen LogP contribution >= 0.6 is 31.9 Å². The fourth-order valence-electron chi connectivity index (χ4n) is 3.94. The zero-order valence-electron chi connectivity index (χ0n) is 18.7. The highest BCUT2D eigenvalue weighted by Gasteiger charge is 2.33. The summed E-state index contributed by atoms with van der Waals surface area (Å²) in [5, 5.41) is 1.05. The molecule has 0 bridgehead atoms. The van der Waals surface area contributed by atoms with Crippen molar-refractivity contribution in [2.75, 3.05) is 24.9 Å². The zero-order chi connectivity index (χ0) is 22.4. The van der Waals surface area contributed by atoms with Gasteiger partial charge in [0, 0.05) is 21.8 Å². The third-order valence-electron chi connectivity index (χ3n) is 5.55. The predicted molar refractivity (Wildman–Crippen MR) is 132 cm³/mol. The molecular formula is C25H32Br2O3. The number of ether oxygens (including phenoxy) is 2. The van der Waals surface area contributed by atoms with Crippen molar-refractivity contribution in [1.82, 2.24) is 0 Å². The second-order valence-corrected chi connectivity index (χ2v) is 9.36. The largest absolute Gasteiger partial charge is 0.496 e. The number of para-hydroxylation sites is 2. The van der Waals surface area contributed by atoms with Gasteiger partial charge in [-0.2, -0.15) is 0 Å². The summed E-state index contributed by atoms with van der Waals surface area (Å²) in [7, 11) is 3.36. The number of halogens is 2. The first-order chi connectivity index (χ1) is 14.3. The molecule has 0 saturated heterocycles. The maximum atomic E-state index is 13.8. The Morgan fingerprint density at radius 2 is 1.07 bits per heavy atom. The lowest BCUT2D eigenvalue weighted by Crippen LogP contribution is -2.24. The fraction of sp³-hybridized carbons (Fsp3) is 0.480. The Morgan fingerprint density at radius 1 is 0.733 bits per heavy atom. The van der Waals surface area contributed by atoms with E-state index in [0.717, 1.165) is 33.8 Å².